The van der Waals surface area contributed by atoms with Crippen LogP contribution in [0.5, 0.6) is 0 Å². The van der Waals surface area contributed by atoms with Crippen molar-refractivity contribution in [2.24, 2.45) is 0 Å². The fourth-order valence-corrected chi connectivity index (χ4v) is 4.13. The first-order valence-corrected chi connectivity index (χ1v) is 9.81. The zero-order chi connectivity index (χ0) is 16.8. The maximum atomic E-state index is 12.3. The van der Waals surface area contributed by atoms with E-state index in [2.05, 4.69) is 10.6 Å². The first-order valence-electron chi connectivity index (χ1n) is 7.22. The summed E-state index contributed by atoms with van der Waals surface area (Å²) >= 11 is 9.59. The van der Waals surface area contributed by atoms with Gasteiger partial charge in [0.1, 0.15) is 6.04 Å². The number of hydrogen-bond donors (Lipinski definition) is 2. The second-order valence-electron chi connectivity index (χ2n) is 5.09. The molecule has 1 aromatic heterocycles. The first kappa shape index (κ1) is 18.1. The molecule has 1 heterocycles. The van der Waals surface area contributed by atoms with Crippen LogP contribution < -0.4 is 10.6 Å². The lowest BCUT2D eigenvalue weighted by atomic mass is 10.2. The van der Waals surface area contributed by atoms with E-state index in [1.807, 2.05) is 30.5 Å². The van der Waals surface area contributed by atoms with E-state index in [4.69, 9.17) is 11.6 Å². The lowest BCUT2D eigenvalue weighted by Gasteiger charge is -2.17. The Balaban J connectivity index is 2.03. The largest absolute Gasteiger partial charge is 0.349 e. The van der Waals surface area contributed by atoms with Crippen LogP contribution >= 0.6 is 34.7 Å². The smallest absolute Gasteiger partial charge is 0.242 e. The minimum atomic E-state index is -0.506. The van der Waals surface area contributed by atoms with Gasteiger partial charge in [-0.2, -0.15) is 11.8 Å². The van der Waals surface area contributed by atoms with Gasteiger partial charge in [0.05, 0.1) is 11.6 Å². The van der Waals surface area contributed by atoms with Crippen LogP contribution in [0, 0.1) is 0 Å². The molecular formula is C16H19ClN2O2S2. The van der Waals surface area contributed by atoms with Gasteiger partial charge < -0.3 is 10.6 Å². The number of thiophene rings is 1. The predicted molar refractivity (Wildman–Crippen MR) is 99.3 cm³/mol. The van der Waals surface area contributed by atoms with Gasteiger partial charge in [0.2, 0.25) is 11.8 Å². The van der Waals surface area contributed by atoms with Crippen LogP contribution in [-0.2, 0) is 16.1 Å². The highest BCUT2D eigenvalue weighted by Crippen LogP contribution is 2.34. The van der Waals surface area contributed by atoms with Crippen molar-refractivity contribution >= 4 is 56.6 Å². The van der Waals surface area contributed by atoms with E-state index < -0.39 is 6.04 Å². The third-order valence-electron chi connectivity index (χ3n) is 3.33. The summed E-state index contributed by atoms with van der Waals surface area (Å²) in [5.74, 6) is 0.427. The van der Waals surface area contributed by atoms with Crippen LogP contribution in [0.25, 0.3) is 10.1 Å². The number of rotatable bonds is 7. The molecule has 2 aromatic rings. The van der Waals surface area contributed by atoms with Crippen LogP contribution in [0.15, 0.2) is 24.3 Å². The van der Waals surface area contributed by atoms with E-state index in [1.165, 1.54) is 6.92 Å². The van der Waals surface area contributed by atoms with Crippen LogP contribution in [0.3, 0.4) is 0 Å². The van der Waals surface area contributed by atoms with E-state index in [0.717, 1.165) is 20.7 Å². The summed E-state index contributed by atoms with van der Waals surface area (Å²) in [4.78, 5) is 24.5. The van der Waals surface area contributed by atoms with Crippen LogP contribution in [0.2, 0.25) is 5.02 Å². The molecule has 0 saturated carbocycles. The number of benzene rings is 1. The Bertz CT molecular complexity index is 702. The molecule has 23 heavy (non-hydrogen) atoms. The van der Waals surface area contributed by atoms with Crippen LogP contribution in [0.4, 0.5) is 0 Å². The summed E-state index contributed by atoms with van der Waals surface area (Å²) in [5.41, 5.74) is 0. The molecule has 1 atom stereocenters. The number of halogens is 1. The Morgan fingerprint density at radius 1 is 1.35 bits per heavy atom. The van der Waals surface area contributed by atoms with Crippen molar-refractivity contribution in [2.45, 2.75) is 25.9 Å². The molecule has 0 saturated heterocycles. The molecule has 2 N–H and O–H groups in total. The molecule has 0 bridgehead atoms. The quantitative estimate of drug-likeness (QED) is 0.785. The lowest BCUT2D eigenvalue weighted by molar-refractivity contribution is -0.128. The Kier molecular flexibility index (Phi) is 6.74. The van der Waals surface area contributed by atoms with Gasteiger partial charge in [0.15, 0.2) is 0 Å². The van der Waals surface area contributed by atoms with E-state index in [1.54, 1.807) is 23.1 Å². The summed E-state index contributed by atoms with van der Waals surface area (Å²) in [6, 6.07) is 7.38. The van der Waals surface area contributed by atoms with Gasteiger partial charge in [-0.25, -0.2) is 0 Å². The fraction of sp³-hybridized carbons (Fsp3) is 0.375. The van der Waals surface area contributed by atoms with E-state index >= 15 is 0 Å². The number of fused-ring (bicyclic) bond motifs is 1. The lowest BCUT2D eigenvalue weighted by Crippen LogP contribution is -2.46. The van der Waals surface area contributed by atoms with Gasteiger partial charge in [0.25, 0.3) is 0 Å². The topological polar surface area (TPSA) is 58.2 Å². The fourth-order valence-electron chi connectivity index (χ4n) is 2.22. The highest BCUT2D eigenvalue weighted by atomic mass is 35.5. The molecule has 0 aliphatic rings. The summed E-state index contributed by atoms with van der Waals surface area (Å²) in [5, 5.41) is 7.27. The van der Waals surface area contributed by atoms with Crippen molar-refractivity contribution < 1.29 is 9.59 Å². The van der Waals surface area contributed by atoms with Gasteiger partial charge in [-0.1, -0.05) is 29.8 Å². The standard InChI is InChI=1S/C16H19ClN2O2S2/c1-10(20)19-12(7-8-22-2)16(21)18-9-14-15(17)11-5-3-4-6-13(11)23-14/h3-6,12H,7-9H2,1-2H3,(H,18,21)(H,19,20)/t12-/m0/s1. The molecule has 0 spiro atoms. The number of carbonyl (C=O) groups excluding carboxylic acids is 2. The molecule has 124 valence electrons. The van der Waals surface area contributed by atoms with Crippen molar-refractivity contribution in [1.29, 1.82) is 0 Å². The molecule has 0 aliphatic heterocycles. The van der Waals surface area contributed by atoms with Gasteiger partial charge in [-0.15, -0.1) is 11.3 Å². The van der Waals surface area contributed by atoms with Gasteiger partial charge in [-0.05, 0) is 24.5 Å². The van der Waals surface area contributed by atoms with Gasteiger partial charge in [-0.3, -0.25) is 9.59 Å². The van der Waals surface area contributed by atoms with Crippen LogP contribution in [-0.4, -0.2) is 29.9 Å². The van der Waals surface area contributed by atoms with E-state index in [-0.39, 0.29) is 11.8 Å². The SMILES string of the molecule is CSCC[C@H](NC(C)=O)C(=O)NCc1sc2ccccc2c1Cl. The van der Waals surface area contributed by atoms with Crippen molar-refractivity contribution in [2.75, 3.05) is 12.0 Å². The maximum absolute atomic E-state index is 12.3. The molecular weight excluding hydrogens is 352 g/mol. The Morgan fingerprint density at radius 3 is 2.74 bits per heavy atom. The molecule has 4 nitrogen and oxygen atoms in total. The summed E-state index contributed by atoms with van der Waals surface area (Å²) in [6.45, 7) is 1.79. The third kappa shape index (κ3) is 4.86. The molecule has 0 fully saturated rings. The molecule has 0 unspecified atom stereocenters. The second kappa shape index (κ2) is 8.57. The Hall–Kier alpha value is -1.24. The summed E-state index contributed by atoms with van der Waals surface area (Å²) in [7, 11) is 0. The van der Waals surface area contributed by atoms with Crippen molar-refractivity contribution in [3.8, 4) is 0 Å². The Morgan fingerprint density at radius 2 is 2.09 bits per heavy atom. The molecule has 0 aliphatic carbocycles. The number of hydrogen-bond acceptors (Lipinski definition) is 4. The maximum Gasteiger partial charge on any atom is 0.242 e. The van der Waals surface area contributed by atoms with Gasteiger partial charge in [0, 0.05) is 21.9 Å². The molecule has 2 rings (SSSR count). The average Bonchev–Trinajstić information content (AvgIpc) is 2.85. The van der Waals surface area contributed by atoms with Gasteiger partial charge >= 0.3 is 0 Å². The number of amides is 2. The monoisotopic (exact) mass is 370 g/mol. The minimum Gasteiger partial charge on any atom is -0.349 e. The predicted octanol–water partition coefficient (Wildman–Crippen LogP) is 3.43. The number of nitrogens with one attached hydrogen (secondary N) is 2. The minimum absolute atomic E-state index is 0.178. The van der Waals surface area contributed by atoms with E-state index in [0.29, 0.717) is 18.0 Å². The zero-order valence-electron chi connectivity index (χ0n) is 13.0. The Labute approximate surface area is 149 Å². The first-order chi connectivity index (χ1) is 11.0. The molecule has 7 heteroatoms. The molecule has 1 aromatic carbocycles. The highest BCUT2D eigenvalue weighted by Gasteiger charge is 2.19. The van der Waals surface area contributed by atoms with Crippen molar-refractivity contribution in [3.63, 3.8) is 0 Å². The second-order valence-corrected chi connectivity index (χ2v) is 7.59. The number of carbonyl (C=O) groups is 2. The summed E-state index contributed by atoms with van der Waals surface area (Å²) < 4.78 is 1.10. The summed E-state index contributed by atoms with van der Waals surface area (Å²) in [6.07, 6.45) is 2.58. The van der Waals surface area contributed by atoms with Crippen LogP contribution in [0.1, 0.15) is 18.2 Å². The van der Waals surface area contributed by atoms with Crippen molar-refractivity contribution in [1.82, 2.24) is 10.6 Å². The average molecular weight is 371 g/mol. The normalized spacial score (nSPS) is 12.1. The highest BCUT2D eigenvalue weighted by molar-refractivity contribution is 7.98. The van der Waals surface area contributed by atoms with Crippen molar-refractivity contribution in [3.05, 3.63) is 34.2 Å². The zero-order valence-corrected chi connectivity index (χ0v) is 15.4. The molecule has 2 amide bonds. The molecule has 0 radical (unpaired) electrons. The van der Waals surface area contributed by atoms with E-state index in [9.17, 15) is 9.59 Å². The number of thioether (sulfide) groups is 1. The third-order valence-corrected chi connectivity index (χ3v) is 5.69.